The third kappa shape index (κ3) is 4.39. The highest BCUT2D eigenvalue weighted by atomic mass is 35.5. The lowest BCUT2D eigenvalue weighted by Gasteiger charge is -2.37. The predicted molar refractivity (Wildman–Crippen MR) is 97.4 cm³/mol. The zero-order chi connectivity index (χ0) is 15.8. The van der Waals surface area contributed by atoms with Crippen LogP contribution in [0.5, 0.6) is 0 Å². The summed E-state index contributed by atoms with van der Waals surface area (Å²) in [5.41, 5.74) is 0.322. The maximum absolute atomic E-state index is 12.6. The van der Waals surface area contributed by atoms with Crippen molar-refractivity contribution in [2.45, 2.75) is 17.6 Å². The lowest BCUT2D eigenvalue weighted by Crippen LogP contribution is -2.51. The second-order valence-corrected chi connectivity index (χ2v) is 10.4. The van der Waals surface area contributed by atoms with Crippen LogP contribution in [0.15, 0.2) is 16.3 Å². The van der Waals surface area contributed by atoms with Crippen LogP contribution in [0.3, 0.4) is 0 Å². The van der Waals surface area contributed by atoms with Gasteiger partial charge in [-0.15, -0.1) is 23.7 Å². The van der Waals surface area contributed by atoms with Crippen molar-refractivity contribution in [3.05, 3.63) is 16.5 Å². The van der Waals surface area contributed by atoms with Crippen molar-refractivity contribution in [3.8, 4) is 0 Å². The molecule has 0 aliphatic carbocycles. The molecule has 132 valence electrons. The average Bonchev–Trinajstić information content (AvgIpc) is 3.09. The fraction of sp³-hybridized carbons (Fsp3) is 0.714. The van der Waals surface area contributed by atoms with E-state index in [1.165, 1.54) is 6.42 Å². The summed E-state index contributed by atoms with van der Waals surface area (Å²) in [4.78, 5) is 2.39. The minimum absolute atomic E-state index is 0. The molecule has 2 saturated heterocycles. The number of thiophene rings is 1. The summed E-state index contributed by atoms with van der Waals surface area (Å²) in [7, 11) is -3.38. The molecule has 3 heterocycles. The molecule has 5 nitrogen and oxygen atoms in total. The number of piperazine rings is 1. The van der Waals surface area contributed by atoms with Gasteiger partial charge in [-0.1, -0.05) is 18.5 Å². The Morgan fingerprint density at radius 3 is 2.52 bits per heavy atom. The van der Waals surface area contributed by atoms with E-state index in [4.69, 9.17) is 11.6 Å². The van der Waals surface area contributed by atoms with Gasteiger partial charge in [-0.3, -0.25) is 0 Å². The lowest BCUT2D eigenvalue weighted by atomic mass is 9.89. The summed E-state index contributed by atoms with van der Waals surface area (Å²) >= 11 is 6.99. The number of hydrogen-bond donors (Lipinski definition) is 1. The molecule has 1 unspecified atom stereocenters. The van der Waals surface area contributed by atoms with Crippen LogP contribution in [0.2, 0.25) is 4.34 Å². The lowest BCUT2D eigenvalue weighted by molar-refractivity contribution is 0.132. The third-order valence-corrected chi connectivity index (χ3v) is 8.13. The van der Waals surface area contributed by atoms with E-state index in [2.05, 4.69) is 17.1 Å². The van der Waals surface area contributed by atoms with E-state index in [1.807, 2.05) is 0 Å². The van der Waals surface area contributed by atoms with Crippen LogP contribution >= 0.6 is 35.3 Å². The molecule has 2 aliphatic heterocycles. The van der Waals surface area contributed by atoms with Gasteiger partial charge in [-0.2, -0.15) is 4.31 Å². The number of rotatable bonds is 4. The van der Waals surface area contributed by atoms with Gasteiger partial charge in [-0.05, 0) is 30.5 Å². The van der Waals surface area contributed by atoms with Crippen LogP contribution in [-0.2, 0) is 10.0 Å². The molecule has 1 aromatic heterocycles. The van der Waals surface area contributed by atoms with Crippen LogP contribution in [-0.4, -0.2) is 63.4 Å². The normalized spacial score (nSPS) is 27.0. The van der Waals surface area contributed by atoms with Crippen molar-refractivity contribution in [1.29, 1.82) is 0 Å². The molecule has 0 radical (unpaired) electrons. The first-order valence-electron chi connectivity index (χ1n) is 7.58. The molecule has 0 amide bonds. The van der Waals surface area contributed by atoms with E-state index < -0.39 is 10.0 Å². The highest BCUT2D eigenvalue weighted by molar-refractivity contribution is 7.91. The molecule has 23 heavy (non-hydrogen) atoms. The summed E-state index contributed by atoms with van der Waals surface area (Å²) in [6, 6.07) is 3.24. The zero-order valence-electron chi connectivity index (χ0n) is 13.1. The Morgan fingerprint density at radius 1 is 1.30 bits per heavy atom. The van der Waals surface area contributed by atoms with Crippen LogP contribution in [0.4, 0.5) is 0 Å². The summed E-state index contributed by atoms with van der Waals surface area (Å²) in [6.45, 7) is 8.20. The van der Waals surface area contributed by atoms with Crippen LogP contribution in [0, 0.1) is 5.41 Å². The van der Waals surface area contributed by atoms with Gasteiger partial charge in [0.2, 0.25) is 0 Å². The molecule has 1 N–H and O–H groups in total. The second-order valence-electron chi connectivity index (χ2n) is 6.48. The molecule has 3 rings (SSSR count). The molecule has 9 heteroatoms. The van der Waals surface area contributed by atoms with Crippen LogP contribution in [0.1, 0.15) is 13.3 Å². The van der Waals surface area contributed by atoms with Gasteiger partial charge in [0.25, 0.3) is 10.0 Å². The van der Waals surface area contributed by atoms with E-state index in [1.54, 1.807) is 16.4 Å². The summed E-state index contributed by atoms with van der Waals surface area (Å²) in [6.07, 6.45) is 1.19. The van der Waals surface area contributed by atoms with Gasteiger partial charge < -0.3 is 10.2 Å². The molecule has 0 spiro atoms. The van der Waals surface area contributed by atoms with Crippen molar-refractivity contribution in [1.82, 2.24) is 14.5 Å². The molecule has 1 atom stereocenters. The SMILES string of the molecule is CC1(CN2CCN(S(=O)(=O)c3ccc(Cl)s3)CC2)CCNC1.Cl. The van der Waals surface area contributed by atoms with E-state index >= 15 is 0 Å². The number of nitrogens with one attached hydrogen (secondary N) is 1. The van der Waals surface area contributed by atoms with Crippen molar-refractivity contribution in [2.24, 2.45) is 5.41 Å². The van der Waals surface area contributed by atoms with Crippen molar-refractivity contribution >= 4 is 45.4 Å². The fourth-order valence-corrected chi connectivity index (χ4v) is 6.29. The highest BCUT2D eigenvalue weighted by Crippen LogP contribution is 2.30. The van der Waals surface area contributed by atoms with E-state index in [-0.39, 0.29) is 12.4 Å². The molecule has 0 aromatic carbocycles. The third-order valence-electron chi connectivity index (χ3n) is 4.54. The summed E-state index contributed by atoms with van der Waals surface area (Å²) in [5, 5.41) is 3.42. The maximum Gasteiger partial charge on any atom is 0.252 e. The summed E-state index contributed by atoms with van der Waals surface area (Å²) < 4.78 is 27.6. The van der Waals surface area contributed by atoms with Gasteiger partial charge in [-0.25, -0.2) is 8.42 Å². The smallest absolute Gasteiger partial charge is 0.252 e. The first-order valence-corrected chi connectivity index (χ1v) is 10.2. The van der Waals surface area contributed by atoms with E-state index in [0.29, 0.717) is 27.1 Å². The minimum Gasteiger partial charge on any atom is -0.316 e. The first kappa shape index (κ1) is 19.4. The Hall–Kier alpha value is 0.110. The average molecular weight is 400 g/mol. The minimum atomic E-state index is -3.38. The Labute approximate surface area is 153 Å². The molecule has 2 fully saturated rings. The molecule has 0 bridgehead atoms. The Kier molecular flexibility index (Phi) is 6.39. The zero-order valence-corrected chi connectivity index (χ0v) is 16.3. The van der Waals surface area contributed by atoms with Gasteiger partial charge in [0.15, 0.2) is 0 Å². The van der Waals surface area contributed by atoms with Gasteiger partial charge >= 0.3 is 0 Å². The second kappa shape index (κ2) is 7.56. The van der Waals surface area contributed by atoms with E-state index in [9.17, 15) is 8.42 Å². The largest absolute Gasteiger partial charge is 0.316 e. The summed E-state index contributed by atoms with van der Waals surface area (Å²) in [5.74, 6) is 0. The van der Waals surface area contributed by atoms with Crippen molar-refractivity contribution in [3.63, 3.8) is 0 Å². The van der Waals surface area contributed by atoms with Crippen molar-refractivity contribution < 1.29 is 8.42 Å². The monoisotopic (exact) mass is 399 g/mol. The Balaban J connectivity index is 0.00000192. The van der Waals surface area contributed by atoms with E-state index in [0.717, 1.165) is 44.1 Å². The topological polar surface area (TPSA) is 52.7 Å². The quantitative estimate of drug-likeness (QED) is 0.842. The maximum atomic E-state index is 12.6. The first-order chi connectivity index (χ1) is 10.4. The van der Waals surface area contributed by atoms with Gasteiger partial charge in [0.05, 0.1) is 4.34 Å². The standard InChI is InChI=1S/C14H22ClN3O2S2.ClH/c1-14(4-5-16-10-14)11-17-6-8-18(9-7-17)22(19,20)13-3-2-12(15)21-13;/h2-3,16H,4-11H2,1H3;1H. The Bertz CT molecular complexity index is 622. The molecular weight excluding hydrogens is 377 g/mol. The van der Waals surface area contributed by atoms with Crippen LogP contribution in [0.25, 0.3) is 0 Å². The molecule has 2 aliphatic rings. The predicted octanol–water partition coefficient (Wildman–Crippen LogP) is 2.13. The van der Waals surface area contributed by atoms with Gasteiger partial charge in [0, 0.05) is 39.3 Å². The highest BCUT2D eigenvalue weighted by Gasteiger charge is 2.34. The van der Waals surface area contributed by atoms with Crippen LogP contribution < -0.4 is 5.32 Å². The molecule has 0 saturated carbocycles. The Morgan fingerprint density at radius 2 is 2.00 bits per heavy atom. The molecular formula is C14H23Cl2N3O2S2. The van der Waals surface area contributed by atoms with Crippen molar-refractivity contribution in [2.75, 3.05) is 45.8 Å². The fourth-order valence-electron chi connectivity index (χ4n) is 3.24. The van der Waals surface area contributed by atoms with Gasteiger partial charge in [0.1, 0.15) is 4.21 Å². The number of hydrogen-bond acceptors (Lipinski definition) is 5. The number of sulfonamides is 1. The number of nitrogens with zero attached hydrogens (tertiary/aromatic N) is 2. The molecule has 1 aromatic rings. The number of halogens is 2.